The molecule has 0 aliphatic rings. The van der Waals surface area contributed by atoms with Crippen molar-refractivity contribution < 1.29 is 4.79 Å². The first kappa shape index (κ1) is 15.3. The number of aryl methyl sites for hydroxylation is 3. The zero-order valence-electron chi connectivity index (χ0n) is 13.3. The predicted molar refractivity (Wildman–Crippen MR) is 88.7 cm³/mol. The lowest BCUT2D eigenvalue weighted by Crippen LogP contribution is -2.24. The van der Waals surface area contributed by atoms with Crippen LogP contribution in [0.5, 0.6) is 0 Å². The van der Waals surface area contributed by atoms with E-state index in [0.29, 0.717) is 6.54 Å². The van der Waals surface area contributed by atoms with Crippen molar-refractivity contribution in [1.82, 2.24) is 5.32 Å². The molecule has 0 radical (unpaired) electrons. The van der Waals surface area contributed by atoms with Crippen LogP contribution in [0.25, 0.3) is 11.1 Å². The van der Waals surface area contributed by atoms with Crippen molar-refractivity contribution in [3.8, 4) is 11.1 Å². The Balaban J connectivity index is 2.53. The summed E-state index contributed by atoms with van der Waals surface area (Å²) in [7, 11) is 0. The normalized spacial score (nSPS) is 10.5. The number of carbonyl (C=O) groups excluding carboxylic acids is 1. The zero-order valence-corrected chi connectivity index (χ0v) is 13.3. The number of benzene rings is 2. The third kappa shape index (κ3) is 3.33. The average Bonchev–Trinajstić information content (AvgIpc) is 2.44. The average molecular weight is 281 g/mol. The van der Waals surface area contributed by atoms with E-state index < -0.39 is 0 Å². The molecular weight excluding hydrogens is 258 g/mol. The molecule has 0 saturated heterocycles. The Morgan fingerprint density at radius 1 is 1.05 bits per heavy atom. The van der Waals surface area contributed by atoms with Crippen molar-refractivity contribution in [3.63, 3.8) is 0 Å². The molecule has 0 aliphatic heterocycles. The van der Waals surface area contributed by atoms with Crippen molar-refractivity contribution in [2.24, 2.45) is 0 Å². The number of nitrogens with one attached hydrogen (secondary N) is 1. The van der Waals surface area contributed by atoms with Gasteiger partial charge in [0.1, 0.15) is 0 Å². The second-order valence-electron chi connectivity index (χ2n) is 5.58. The molecule has 2 nitrogen and oxygen atoms in total. The summed E-state index contributed by atoms with van der Waals surface area (Å²) >= 11 is 0. The maximum Gasteiger partial charge on any atom is 0.251 e. The Bertz CT molecular complexity index is 635. The fourth-order valence-corrected chi connectivity index (χ4v) is 2.84. The van der Waals surface area contributed by atoms with Crippen molar-refractivity contribution in [1.29, 1.82) is 0 Å². The lowest BCUT2D eigenvalue weighted by Gasteiger charge is -2.15. The quantitative estimate of drug-likeness (QED) is 0.883. The Labute approximate surface area is 127 Å². The largest absolute Gasteiger partial charge is 0.352 e. The van der Waals surface area contributed by atoms with E-state index in [-0.39, 0.29) is 5.91 Å². The van der Waals surface area contributed by atoms with Gasteiger partial charge >= 0.3 is 0 Å². The van der Waals surface area contributed by atoms with E-state index in [1.165, 1.54) is 22.3 Å². The third-order valence-corrected chi connectivity index (χ3v) is 3.65. The van der Waals surface area contributed by atoms with Gasteiger partial charge in [0.05, 0.1) is 0 Å². The smallest absolute Gasteiger partial charge is 0.251 e. The topological polar surface area (TPSA) is 29.1 Å². The highest BCUT2D eigenvalue weighted by Gasteiger charge is 2.15. The van der Waals surface area contributed by atoms with Gasteiger partial charge in [-0.15, -0.1) is 0 Å². The highest BCUT2D eigenvalue weighted by Crippen LogP contribution is 2.31. The van der Waals surface area contributed by atoms with Gasteiger partial charge in [0.15, 0.2) is 0 Å². The van der Waals surface area contributed by atoms with Crippen LogP contribution in [0.1, 0.15) is 40.4 Å². The number of hydrogen-bond donors (Lipinski definition) is 1. The van der Waals surface area contributed by atoms with Crippen molar-refractivity contribution in [2.45, 2.75) is 34.1 Å². The minimum atomic E-state index is 0.00632. The molecule has 2 aromatic rings. The van der Waals surface area contributed by atoms with Gasteiger partial charge in [0, 0.05) is 12.1 Å². The van der Waals surface area contributed by atoms with Crippen LogP contribution in [0.3, 0.4) is 0 Å². The molecule has 1 N–H and O–H groups in total. The van der Waals surface area contributed by atoms with Gasteiger partial charge in [-0.25, -0.2) is 0 Å². The molecule has 2 heteroatoms. The van der Waals surface area contributed by atoms with Gasteiger partial charge in [-0.2, -0.15) is 0 Å². The summed E-state index contributed by atoms with van der Waals surface area (Å²) in [4.78, 5) is 12.4. The Hall–Kier alpha value is -2.09. The second-order valence-corrected chi connectivity index (χ2v) is 5.58. The highest BCUT2D eigenvalue weighted by molar-refractivity contribution is 6.01. The molecule has 0 saturated carbocycles. The molecule has 0 atom stereocenters. The molecule has 110 valence electrons. The van der Waals surface area contributed by atoms with Crippen molar-refractivity contribution in [3.05, 3.63) is 58.7 Å². The Kier molecular flexibility index (Phi) is 4.79. The fraction of sp³-hybridized carbons (Fsp3) is 0.316. The molecule has 2 rings (SSSR count). The van der Waals surface area contributed by atoms with Gasteiger partial charge in [-0.1, -0.05) is 42.8 Å². The first-order valence-electron chi connectivity index (χ1n) is 7.50. The van der Waals surface area contributed by atoms with E-state index in [2.05, 4.69) is 45.1 Å². The van der Waals surface area contributed by atoms with E-state index >= 15 is 0 Å². The van der Waals surface area contributed by atoms with Crippen LogP contribution in [0, 0.1) is 20.8 Å². The molecule has 0 unspecified atom stereocenters. The minimum Gasteiger partial charge on any atom is -0.352 e. The third-order valence-electron chi connectivity index (χ3n) is 3.65. The monoisotopic (exact) mass is 281 g/mol. The first-order chi connectivity index (χ1) is 10.0. The van der Waals surface area contributed by atoms with Gasteiger partial charge in [-0.3, -0.25) is 4.79 Å². The summed E-state index contributed by atoms with van der Waals surface area (Å²) in [6, 6.07) is 12.2. The van der Waals surface area contributed by atoms with Crippen LogP contribution in [-0.2, 0) is 0 Å². The maximum atomic E-state index is 12.4. The maximum absolute atomic E-state index is 12.4. The van der Waals surface area contributed by atoms with Gasteiger partial charge in [-0.05, 0) is 55.5 Å². The van der Waals surface area contributed by atoms with Crippen LogP contribution in [-0.4, -0.2) is 12.5 Å². The molecule has 1 amide bonds. The van der Waals surface area contributed by atoms with Crippen LogP contribution in [0.15, 0.2) is 36.4 Å². The first-order valence-corrected chi connectivity index (χ1v) is 7.50. The lowest BCUT2D eigenvalue weighted by molar-refractivity contribution is 0.0954. The van der Waals surface area contributed by atoms with Crippen LogP contribution >= 0.6 is 0 Å². The number of rotatable bonds is 4. The molecular formula is C19H23NO. The summed E-state index contributed by atoms with van der Waals surface area (Å²) in [5, 5.41) is 2.97. The van der Waals surface area contributed by atoms with E-state index in [0.717, 1.165) is 17.5 Å². The predicted octanol–water partition coefficient (Wildman–Crippen LogP) is 4.42. The van der Waals surface area contributed by atoms with Crippen LogP contribution in [0.4, 0.5) is 0 Å². The summed E-state index contributed by atoms with van der Waals surface area (Å²) in [6.45, 7) is 9.08. The molecule has 0 aromatic heterocycles. The SMILES string of the molecule is CCCNC(=O)c1ccccc1-c1c(C)cc(C)cc1C. The summed E-state index contributed by atoms with van der Waals surface area (Å²) in [5.41, 5.74) is 6.61. The van der Waals surface area contributed by atoms with Crippen molar-refractivity contribution in [2.75, 3.05) is 6.54 Å². The Morgan fingerprint density at radius 2 is 1.67 bits per heavy atom. The van der Waals surface area contributed by atoms with Gasteiger partial charge < -0.3 is 5.32 Å². The number of amides is 1. The minimum absolute atomic E-state index is 0.00632. The van der Waals surface area contributed by atoms with Crippen molar-refractivity contribution >= 4 is 5.91 Å². The molecule has 0 fully saturated rings. The molecule has 0 bridgehead atoms. The van der Waals surface area contributed by atoms with E-state index in [9.17, 15) is 4.79 Å². The van der Waals surface area contributed by atoms with Gasteiger partial charge in [0.25, 0.3) is 5.91 Å². The molecule has 21 heavy (non-hydrogen) atoms. The molecule has 2 aromatic carbocycles. The second kappa shape index (κ2) is 6.57. The van der Waals surface area contributed by atoms with Crippen LogP contribution in [0.2, 0.25) is 0 Å². The fourth-order valence-electron chi connectivity index (χ4n) is 2.84. The molecule has 0 heterocycles. The lowest BCUT2D eigenvalue weighted by atomic mass is 9.90. The van der Waals surface area contributed by atoms with Crippen LogP contribution < -0.4 is 5.32 Å². The highest BCUT2D eigenvalue weighted by atomic mass is 16.1. The summed E-state index contributed by atoms with van der Waals surface area (Å²) in [6.07, 6.45) is 0.941. The van der Waals surface area contributed by atoms with Gasteiger partial charge in [0.2, 0.25) is 0 Å². The van der Waals surface area contributed by atoms with E-state index in [1.54, 1.807) is 0 Å². The van der Waals surface area contributed by atoms with E-state index in [4.69, 9.17) is 0 Å². The number of carbonyl (C=O) groups is 1. The molecule has 0 spiro atoms. The zero-order chi connectivity index (χ0) is 15.4. The van der Waals surface area contributed by atoms with E-state index in [1.807, 2.05) is 24.3 Å². The summed E-state index contributed by atoms with van der Waals surface area (Å²) in [5.74, 6) is 0.00632. The standard InChI is InChI=1S/C19H23NO/c1-5-10-20-19(21)17-9-7-6-8-16(17)18-14(3)11-13(2)12-15(18)4/h6-9,11-12H,5,10H2,1-4H3,(H,20,21). The summed E-state index contributed by atoms with van der Waals surface area (Å²) < 4.78 is 0. The molecule has 0 aliphatic carbocycles. The Morgan fingerprint density at radius 3 is 2.29 bits per heavy atom. The number of hydrogen-bond acceptors (Lipinski definition) is 1.